The standard InChI is InChI=1S/C13H27N3/c1-6-13(11-14,15-4)8-7-9-16(5)10-12(2)3/h12,15H,6-10H2,1-5H3. The number of nitriles is 1. The normalized spacial score (nSPS) is 15.1. The Balaban J connectivity index is 3.92. The predicted molar refractivity (Wildman–Crippen MR) is 69.3 cm³/mol. The van der Waals surface area contributed by atoms with Crippen LogP contribution in [-0.2, 0) is 0 Å². The van der Waals surface area contributed by atoms with E-state index in [0.717, 1.165) is 32.4 Å². The lowest BCUT2D eigenvalue weighted by Gasteiger charge is -2.26. The van der Waals surface area contributed by atoms with E-state index < -0.39 is 0 Å². The van der Waals surface area contributed by atoms with Gasteiger partial charge in [-0.05, 0) is 45.8 Å². The lowest BCUT2D eigenvalue weighted by Crippen LogP contribution is -2.41. The number of hydrogen-bond acceptors (Lipinski definition) is 3. The molecule has 0 aliphatic rings. The summed E-state index contributed by atoms with van der Waals surface area (Å²) in [5.74, 6) is 0.709. The Morgan fingerprint density at radius 1 is 1.44 bits per heavy atom. The van der Waals surface area contributed by atoms with Crippen LogP contribution in [0.15, 0.2) is 0 Å². The summed E-state index contributed by atoms with van der Waals surface area (Å²) in [6.07, 6.45) is 2.87. The van der Waals surface area contributed by atoms with E-state index in [0.29, 0.717) is 5.92 Å². The van der Waals surface area contributed by atoms with Crippen LogP contribution in [-0.4, -0.2) is 37.6 Å². The molecular formula is C13H27N3. The van der Waals surface area contributed by atoms with Gasteiger partial charge in [-0.1, -0.05) is 20.8 Å². The summed E-state index contributed by atoms with van der Waals surface area (Å²) in [4.78, 5) is 2.35. The maximum atomic E-state index is 9.16. The molecule has 0 aliphatic carbocycles. The molecule has 0 aromatic carbocycles. The van der Waals surface area contributed by atoms with Crippen molar-refractivity contribution < 1.29 is 0 Å². The summed E-state index contributed by atoms with van der Waals surface area (Å²) in [5.41, 5.74) is -0.321. The van der Waals surface area contributed by atoms with Crippen LogP contribution >= 0.6 is 0 Å². The Morgan fingerprint density at radius 2 is 2.06 bits per heavy atom. The molecule has 94 valence electrons. The SMILES string of the molecule is CCC(C#N)(CCCN(C)CC(C)C)NC. The molecular weight excluding hydrogens is 198 g/mol. The lowest BCUT2D eigenvalue weighted by molar-refractivity contribution is 0.274. The van der Waals surface area contributed by atoms with Gasteiger partial charge in [-0.15, -0.1) is 0 Å². The maximum Gasteiger partial charge on any atom is 0.106 e. The topological polar surface area (TPSA) is 39.1 Å². The molecule has 1 unspecified atom stereocenters. The second-order valence-corrected chi connectivity index (χ2v) is 5.06. The van der Waals surface area contributed by atoms with Gasteiger partial charge in [-0.25, -0.2) is 0 Å². The highest BCUT2D eigenvalue weighted by Gasteiger charge is 2.24. The van der Waals surface area contributed by atoms with Crippen molar-refractivity contribution in [3.8, 4) is 6.07 Å². The molecule has 0 saturated heterocycles. The van der Waals surface area contributed by atoms with Gasteiger partial charge < -0.3 is 10.2 Å². The fraction of sp³-hybridized carbons (Fsp3) is 0.923. The number of nitrogens with one attached hydrogen (secondary N) is 1. The molecule has 3 heteroatoms. The molecule has 0 aromatic heterocycles. The number of nitrogens with zero attached hydrogens (tertiary/aromatic N) is 2. The van der Waals surface area contributed by atoms with Crippen LogP contribution in [0.2, 0.25) is 0 Å². The Kier molecular flexibility index (Phi) is 7.36. The van der Waals surface area contributed by atoms with Crippen LogP contribution < -0.4 is 5.32 Å². The van der Waals surface area contributed by atoms with E-state index in [9.17, 15) is 0 Å². The van der Waals surface area contributed by atoms with Crippen LogP contribution in [0, 0.1) is 17.2 Å². The van der Waals surface area contributed by atoms with Crippen molar-refractivity contribution in [1.29, 1.82) is 5.26 Å². The number of rotatable bonds is 8. The van der Waals surface area contributed by atoms with E-state index in [1.807, 2.05) is 7.05 Å². The second-order valence-electron chi connectivity index (χ2n) is 5.06. The van der Waals surface area contributed by atoms with Gasteiger partial charge in [0.05, 0.1) is 6.07 Å². The Labute approximate surface area is 101 Å². The zero-order chi connectivity index (χ0) is 12.6. The molecule has 0 spiro atoms. The van der Waals surface area contributed by atoms with E-state index in [2.05, 4.69) is 44.1 Å². The third-order valence-corrected chi connectivity index (χ3v) is 3.12. The van der Waals surface area contributed by atoms with E-state index >= 15 is 0 Å². The summed E-state index contributed by atoms with van der Waals surface area (Å²) < 4.78 is 0. The molecule has 1 N–H and O–H groups in total. The van der Waals surface area contributed by atoms with Crippen LogP contribution in [0.1, 0.15) is 40.0 Å². The number of hydrogen-bond donors (Lipinski definition) is 1. The van der Waals surface area contributed by atoms with Gasteiger partial charge in [0, 0.05) is 6.54 Å². The lowest BCUT2D eigenvalue weighted by atomic mass is 9.92. The van der Waals surface area contributed by atoms with Gasteiger partial charge in [0.2, 0.25) is 0 Å². The van der Waals surface area contributed by atoms with Crippen molar-refractivity contribution in [3.05, 3.63) is 0 Å². The average Bonchev–Trinajstić information content (AvgIpc) is 2.24. The fourth-order valence-electron chi connectivity index (χ4n) is 2.03. The first-order valence-electron chi connectivity index (χ1n) is 6.28. The fourth-order valence-corrected chi connectivity index (χ4v) is 2.03. The van der Waals surface area contributed by atoms with Crippen LogP contribution in [0.5, 0.6) is 0 Å². The average molecular weight is 225 g/mol. The van der Waals surface area contributed by atoms with Crippen molar-refractivity contribution >= 4 is 0 Å². The minimum atomic E-state index is -0.321. The van der Waals surface area contributed by atoms with Crippen molar-refractivity contribution in [2.24, 2.45) is 5.92 Å². The van der Waals surface area contributed by atoms with Gasteiger partial charge >= 0.3 is 0 Å². The molecule has 0 saturated carbocycles. The molecule has 0 bridgehead atoms. The Morgan fingerprint density at radius 3 is 2.44 bits per heavy atom. The molecule has 0 rings (SSSR count). The van der Waals surface area contributed by atoms with E-state index in [1.165, 1.54) is 0 Å². The predicted octanol–water partition coefficient (Wildman–Crippen LogP) is 2.25. The quantitative estimate of drug-likeness (QED) is 0.688. The molecule has 16 heavy (non-hydrogen) atoms. The molecule has 1 atom stereocenters. The Hall–Kier alpha value is -0.590. The third kappa shape index (κ3) is 5.48. The van der Waals surface area contributed by atoms with Crippen LogP contribution in [0.3, 0.4) is 0 Å². The van der Waals surface area contributed by atoms with E-state index in [-0.39, 0.29) is 5.54 Å². The van der Waals surface area contributed by atoms with Gasteiger partial charge in [0.15, 0.2) is 0 Å². The summed E-state index contributed by atoms with van der Waals surface area (Å²) in [6.45, 7) is 8.73. The maximum absolute atomic E-state index is 9.16. The smallest absolute Gasteiger partial charge is 0.106 e. The summed E-state index contributed by atoms with van der Waals surface area (Å²) in [7, 11) is 4.03. The molecule has 0 aliphatic heterocycles. The molecule has 0 fully saturated rings. The highest BCUT2D eigenvalue weighted by molar-refractivity contribution is 5.05. The highest BCUT2D eigenvalue weighted by atomic mass is 15.1. The molecule has 3 nitrogen and oxygen atoms in total. The molecule has 0 heterocycles. The zero-order valence-corrected chi connectivity index (χ0v) is 11.5. The monoisotopic (exact) mass is 225 g/mol. The van der Waals surface area contributed by atoms with Crippen molar-refractivity contribution in [2.75, 3.05) is 27.2 Å². The van der Waals surface area contributed by atoms with Crippen LogP contribution in [0.25, 0.3) is 0 Å². The molecule has 0 radical (unpaired) electrons. The van der Waals surface area contributed by atoms with Crippen LogP contribution in [0.4, 0.5) is 0 Å². The Bertz CT molecular complexity index is 214. The first kappa shape index (κ1) is 15.4. The molecule has 0 amide bonds. The van der Waals surface area contributed by atoms with Gasteiger partial charge in [-0.2, -0.15) is 5.26 Å². The van der Waals surface area contributed by atoms with Crippen molar-refractivity contribution in [1.82, 2.24) is 10.2 Å². The van der Waals surface area contributed by atoms with Crippen molar-refractivity contribution in [2.45, 2.75) is 45.6 Å². The summed E-state index contributed by atoms with van der Waals surface area (Å²) in [5, 5.41) is 12.3. The minimum Gasteiger partial charge on any atom is -0.306 e. The van der Waals surface area contributed by atoms with Gasteiger partial charge in [0.1, 0.15) is 5.54 Å². The largest absolute Gasteiger partial charge is 0.306 e. The van der Waals surface area contributed by atoms with Gasteiger partial charge in [-0.3, -0.25) is 0 Å². The highest BCUT2D eigenvalue weighted by Crippen LogP contribution is 2.16. The van der Waals surface area contributed by atoms with Crippen molar-refractivity contribution in [3.63, 3.8) is 0 Å². The zero-order valence-electron chi connectivity index (χ0n) is 11.5. The second kappa shape index (κ2) is 7.65. The summed E-state index contributed by atoms with van der Waals surface area (Å²) >= 11 is 0. The summed E-state index contributed by atoms with van der Waals surface area (Å²) in [6, 6.07) is 2.40. The van der Waals surface area contributed by atoms with E-state index in [4.69, 9.17) is 5.26 Å². The minimum absolute atomic E-state index is 0.321. The van der Waals surface area contributed by atoms with E-state index in [1.54, 1.807) is 0 Å². The third-order valence-electron chi connectivity index (χ3n) is 3.12. The first-order chi connectivity index (χ1) is 7.49. The first-order valence-corrected chi connectivity index (χ1v) is 6.28. The molecule has 0 aromatic rings. The van der Waals surface area contributed by atoms with Gasteiger partial charge in [0.25, 0.3) is 0 Å².